The van der Waals surface area contributed by atoms with Crippen molar-refractivity contribution in [2.75, 3.05) is 33.3 Å². The molecule has 32 heavy (non-hydrogen) atoms. The first-order chi connectivity index (χ1) is 15.7. The number of benzene rings is 2. The van der Waals surface area contributed by atoms with Crippen LogP contribution in [-0.4, -0.2) is 45.0 Å². The van der Waals surface area contributed by atoms with Crippen molar-refractivity contribution in [1.82, 2.24) is 10.6 Å². The van der Waals surface area contributed by atoms with Gasteiger partial charge in [-0.15, -0.1) is 0 Å². The van der Waals surface area contributed by atoms with E-state index in [9.17, 15) is 0 Å². The Morgan fingerprint density at radius 2 is 1.19 bits per heavy atom. The van der Waals surface area contributed by atoms with Gasteiger partial charge in [-0.3, -0.25) is 9.98 Å². The predicted molar refractivity (Wildman–Crippen MR) is 136 cm³/mol. The van der Waals surface area contributed by atoms with E-state index in [1.165, 1.54) is 27.8 Å². The van der Waals surface area contributed by atoms with Gasteiger partial charge in [-0.1, -0.05) is 51.1 Å². The standard InChI is InChI=1S/C14H20N2.C13H18N2O/c1-3-11-6-5-7-12(4-2)13(11)10-14-15-8-9-16-14;1-3-10-5-4-6-12(16-2)11(10)9-13-14-7-8-15-13/h5-7H,3-4,8-10H2,1-2H3,(H,15,16);4-6H,3,7-9H2,1-2H3,(H,14,15). The normalized spacial score (nSPS) is 14.6. The van der Waals surface area contributed by atoms with Crippen LogP contribution in [0.2, 0.25) is 0 Å². The number of aryl methyl sites for hydroxylation is 3. The smallest absolute Gasteiger partial charge is 0.122 e. The van der Waals surface area contributed by atoms with Crippen LogP contribution in [0, 0.1) is 0 Å². The van der Waals surface area contributed by atoms with Gasteiger partial charge in [0.2, 0.25) is 0 Å². The molecule has 0 radical (unpaired) electrons. The van der Waals surface area contributed by atoms with Crippen LogP contribution < -0.4 is 15.4 Å². The fraction of sp³-hybridized carbons (Fsp3) is 0.481. The lowest BCUT2D eigenvalue weighted by Gasteiger charge is -2.13. The van der Waals surface area contributed by atoms with Gasteiger partial charge in [0, 0.05) is 31.5 Å². The van der Waals surface area contributed by atoms with E-state index < -0.39 is 0 Å². The summed E-state index contributed by atoms with van der Waals surface area (Å²) >= 11 is 0. The van der Waals surface area contributed by atoms with E-state index in [1.54, 1.807) is 7.11 Å². The van der Waals surface area contributed by atoms with E-state index >= 15 is 0 Å². The summed E-state index contributed by atoms with van der Waals surface area (Å²) in [6.45, 7) is 10.4. The molecule has 0 atom stereocenters. The summed E-state index contributed by atoms with van der Waals surface area (Å²) in [6.07, 6.45) is 5.08. The summed E-state index contributed by atoms with van der Waals surface area (Å²) in [4.78, 5) is 8.92. The highest BCUT2D eigenvalue weighted by Crippen LogP contribution is 2.24. The Labute approximate surface area is 193 Å². The molecule has 2 aromatic carbocycles. The molecular weight excluding hydrogens is 396 g/mol. The average Bonchev–Trinajstić information content (AvgIpc) is 3.54. The number of rotatable bonds is 8. The Bertz CT molecular complexity index is 827. The Hall–Kier alpha value is -2.82. The van der Waals surface area contributed by atoms with Crippen molar-refractivity contribution in [2.45, 2.75) is 52.9 Å². The van der Waals surface area contributed by atoms with Crippen molar-refractivity contribution in [1.29, 1.82) is 0 Å². The first-order valence-electron chi connectivity index (χ1n) is 12.0. The summed E-state index contributed by atoms with van der Waals surface area (Å²) in [5.41, 5.74) is 7.03. The van der Waals surface area contributed by atoms with Gasteiger partial charge < -0.3 is 15.4 Å². The maximum absolute atomic E-state index is 5.42. The van der Waals surface area contributed by atoms with Gasteiger partial charge in [-0.2, -0.15) is 0 Å². The highest BCUT2D eigenvalue weighted by atomic mass is 16.5. The van der Waals surface area contributed by atoms with Crippen LogP contribution in [-0.2, 0) is 32.1 Å². The Morgan fingerprint density at radius 1 is 0.719 bits per heavy atom. The van der Waals surface area contributed by atoms with Crippen molar-refractivity contribution in [3.8, 4) is 5.75 Å². The molecule has 0 unspecified atom stereocenters. The van der Waals surface area contributed by atoms with E-state index in [0.717, 1.165) is 75.7 Å². The van der Waals surface area contributed by atoms with Crippen molar-refractivity contribution in [2.24, 2.45) is 9.98 Å². The van der Waals surface area contributed by atoms with Crippen LogP contribution >= 0.6 is 0 Å². The van der Waals surface area contributed by atoms with E-state index in [-0.39, 0.29) is 0 Å². The van der Waals surface area contributed by atoms with Crippen molar-refractivity contribution < 1.29 is 4.74 Å². The summed E-state index contributed by atoms with van der Waals surface area (Å²) in [6, 6.07) is 12.9. The number of amidine groups is 2. The van der Waals surface area contributed by atoms with Crippen molar-refractivity contribution in [3.05, 3.63) is 64.2 Å². The second-order valence-electron chi connectivity index (χ2n) is 8.08. The molecule has 0 aromatic heterocycles. The number of nitrogens with one attached hydrogen (secondary N) is 2. The number of methoxy groups -OCH3 is 1. The molecule has 2 aromatic rings. The SMILES string of the molecule is CCc1cccc(CC)c1CC1=NCCN1.CCc1cccc(OC)c1CC1=NCCN1. The minimum absolute atomic E-state index is 0.854. The molecular formula is C27H38N4O. The topological polar surface area (TPSA) is 58.0 Å². The third-order valence-corrected chi connectivity index (χ3v) is 6.14. The molecule has 0 aliphatic carbocycles. The molecule has 5 nitrogen and oxygen atoms in total. The number of ether oxygens (including phenoxy) is 1. The molecule has 0 saturated carbocycles. The Morgan fingerprint density at radius 3 is 1.62 bits per heavy atom. The molecule has 2 aliphatic rings. The van der Waals surface area contributed by atoms with E-state index in [0.29, 0.717) is 0 Å². The van der Waals surface area contributed by atoms with Crippen LogP contribution in [0.15, 0.2) is 46.4 Å². The fourth-order valence-corrected chi connectivity index (χ4v) is 4.38. The van der Waals surface area contributed by atoms with E-state index in [1.807, 2.05) is 12.1 Å². The van der Waals surface area contributed by atoms with Gasteiger partial charge in [0.25, 0.3) is 0 Å². The lowest BCUT2D eigenvalue weighted by molar-refractivity contribution is 0.410. The predicted octanol–water partition coefficient (Wildman–Crippen LogP) is 4.16. The third kappa shape index (κ3) is 6.12. The van der Waals surface area contributed by atoms with Gasteiger partial charge in [0.05, 0.1) is 20.2 Å². The zero-order chi connectivity index (χ0) is 22.8. The zero-order valence-electron chi connectivity index (χ0n) is 20.1. The van der Waals surface area contributed by atoms with Gasteiger partial charge >= 0.3 is 0 Å². The molecule has 172 valence electrons. The molecule has 0 amide bonds. The number of nitrogens with zero attached hydrogens (tertiary/aromatic N) is 2. The first kappa shape index (κ1) is 23.8. The summed E-state index contributed by atoms with van der Waals surface area (Å²) in [5, 5.41) is 6.66. The summed E-state index contributed by atoms with van der Waals surface area (Å²) in [5.74, 6) is 3.21. The highest BCUT2D eigenvalue weighted by Gasteiger charge is 2.13. The van der Waals surface area contributed by atoms with Gasteiger partial charge in [0.15, 0.2) is 0 Å². The number of aliphatic imine (C=N–C) groups is 2. The molecule has 5 heteroatoms. The molecule has 0 spiro atoms. The summed E-state index contributed by atoms with van der Waals surface area (Å²) < 4.78 is 5.42. The van der Waals surface area contributed by atoms with Gasteiger partial charge in [-0.25, -0.2) is 0 Å². The minimum atomic E-state index is 0.854. The van der Waals surface area contributed by atoms with Crippen molar-refractivity contribution in [3.63, 3.8) is 0 Å². The van der Waals surface area contributed by atoms with E-state index in [4.69, 9.17) is 4.74 Å². The Balaban J connectivity index is 0.000000181. The molecule has 4 rings (SSSR count). The Kier molecular flexibility index (Phi) is 9.14. The van der Waals surface area contributed by atoms with Crippen LogP contribution in [0.1, 0.15) is 48.6 Å². The van der Waals surface area contributed by atoms with Crippen LogP contribution in [0.4, 0.5) is 0 Å². The maximum Gasteiger partial charge on any atom is 0.122 e. The van der Waals surface area contributed by atoms with Crippen LogP contribution in [0.25, 0.3) is 0 Å². The molecule has 2 N–H and O–H groups in total. The second kappa shape index (κ2) is 12.3. The number of hydrogen-bond donors (Lipinski definition) is 2. The minimum Gasteiger partial charge on any atom is -0.496 e. The largest absolute Gasteiger partial charge is 0.496 e. The average molecular weight is 435 g/mol. The third-order valence-electron chi connectivity index (χ3n) is 6.14. The number of hydrogen-bond acceptors (Lipinski definition) is 5. The molecule has 2 heterocycles. The highest BCUT2D eigenvalue weighted by molar-refractivity contribution is 5.87. The molecule has 2 aliphatic heterocycles. The lowest BCUT2D eigenvalue weighted by Crippen LogP contribution is -2.21. The lowest BCUT2D eigenvalue weighted by atomic mass is 9.95. The second-order valence-corrected chi connectivity index (χ2v) is 8.08. The monoisotopic (exact) mass is 434 g/mol. The zero-order valence-corrected chi connectivity index (χ0v) is 20.1. The maximum atomic E-state index is 5.42. The molecule has 0 bridgehead atoms. The van der Waals surface area contributed by atoms with Crippen LogP contribution in [0.5, 0.6) is 5.75 Å². The molecule has 0 fully saturated rings. The van der Waals surface area contributed by atoms with Crippen molar-refractivity contribution >= 4 is 11.7 Å². The fourth-order valence-electron chi connectivity index (χ4n) is 4.38. The first-order valence-corrected chi connectivity index (χ1v) is 12.0. The van der Waals surface area contributed by atoms with Gasteiger partial charge in [0.1, 0.15) is 17.4 Å². The van der Waals surface area contributed by atoms with Crippen LogP contribution in [0.3, 0.4) is 0 Å². The molecule has 0 saturated heterocycles. The summed E-state index contributed by atoms with van der Waals surface area (Å²) in [7, 11) is 1.72. The van der Waals surface area contributed by atoms with Gasteiger partial charge in [-0.05, 0) is 47.6 Å². The quantitative estimate of drug-likeness (QED) is 0.656. The van der Waals surface area contributed by atoms with E-state index in [2.05, 4.69) is 65.7 Å².